The van der Waals surface area contributed by atoms with Crippen LogP contribution in [0.1, 0.15) is 26.2 Å². The van der Waals surface area contributed by atoms with Crippen LogP contribution in [0.5, 0.6) is 0 Å². The van der Waals surface area contributed by atoms with Crippen LogP contribution in [0.15, 0.2) is 12.2 Å². The molecule has 6 nitrogen and oxygen atoms in total. The van der Waals surface area contributed by atoms with Crippen molar-refractivity contribution >= 4 is 11.9 Å². The molecule has 3 N–H and O–H groups in total. The lowest BCUT2D eigenvalue weighted by atomic mass is 10.0. The van der Waals surface area contributed by atoms with Crippen molar-refractivity contribution < 1.29 is 24.9 Å². The molecule has 1 atom stereocenters. The molecule has 0 aromatic rings. The van der Waals surface area contributed by atoms with Crippen LogP contribution in [-0.2, 0) is 9.59 Å². The van der Waals surface area contributed by atoms with Crippen LogP contribution >= 0.6 is 0 Å². The molecule has 0 aliphatic heterocycles. The number of hydrogen-bond donors (Lipinski definition) is 3. The molecule has 0 heterocycles. The summed E-state index contributed by atoms with van der Waals surface area (Å²) in [4.78, 5) is 24.2. The van der Waals surface area contributed by atoms with Crippen LogP contribution in [0.4, 0.5) is 0 Å². The van der Waals surface area contributed by atoms with Gasteiger partial charge in [0.05, 0.1) is 19.1 Å². The van der Waals surface area contributed by atoms with E-state index in [0.717, 1.165) is 12.8 Å². The highest BCUT2D eigenvalue weighted by molar-refractivity contribution is 5.83. The van der Waals surface area contributed by atoms with Crippen molar-refractivity contribution in [1.82, 2.24) is 4.90 Å². The van der Waals surface area contributed by atoms with Gasteiger partial charge in [-0.05, 0) is 6.42 Å². The molecule has 0 rings (SSSR count). The van der Waals surface area contributed by atoms with E-state index >= 15 is 0 Å². The first-order chi connectivity index (χ1) is 9.06. The van der Waals surface area contributed by atoms with Crippen LogP contribution in [0.2, 0.25) is 0 Å². The Morgan fingerprint density at radius 3 is 2.21 bits per heavy atom. The molecule has 19 heavy (non-hydrogen) atoms. The Hall–Kier alpha value is -1.40. The summed E-state index contributed by atoms with van der Waals surface area (Å²) in [5.74, 6) is -2.29. The molecular formula is C13H23NO5. The minimum absolute atomic E-state index is 0.102. The van der Waals surface area contributed by atoms with E-state index in [1.54, 1.807) is 6.08 Å². The highest BCUT2D eigenvalue weighted by Crippen LogP contribution is 2.10. The Morgan fingerprint density at radius 2 is 1.79 bits per heavy atom. The molecule has 0 spiro atoms. The Bertz CT molecular complexity index is 297. The number of aliphatic carboxylic acids is 1. The Labute approximate surface area is 113 Å². The number of carbonyl (C=O) groups is 2. The van der Waals surface area contributed by atoms with Crippen molar-refractivity contribution in [2.75, 3.05) is 26.3 Å². The van der Waals surface area contributed by atoms with E-state index in [1.165, 1.54) is 11.0 Å². The number of carboxylic acid groups (broad SMARTS) is 1. The summed E-state index contributed by atoms with van der Waals surface area (Å²) in [5, 5.41) is 26.7. The number of aliphatic hydroxyl groups excluding tert-OH is 2. The SMILES string of the molecule is CCCC=CC(CC(=O)N(CCO)CCO)C(=O)O. The van der Waals surface area contributed by atoms with E-state index < -0.39 is 11.9 Å². The molecule has 0 aromatic heterocycles. The third kappa shape index (κ3) is 7.58. The van der Waals surface area contributed by atoms with Gasteiger partial charge in [-0.1, -0.05) is 25.5 Å². The summed E-state index contributed by atoms with van der Waals surface area (Å²) in [6.07, 6.45) is 4.82. The van der Waals surface area contributed by atoms with E-state index in [1.807, 2.05) is 6.92 Å². The summed E-state index contributed by atoms with van der Waals surface area (Å²) in [5.41, 5.74) is 0. The van der Waals surface area contributed by atoms with Gasteiger partial charge in [0.1, 0.15) is 0 Å². The molecular weight excluding hydrogens is 250 g/mol. The molecule has 6 heteroatoms. The number of allylic oxidation sites excluding steroid dienone is 1. The van der Waals surface area contributed by atoms with Crippen molar-refractivity contribution in [1.29, 1.82) is 0 Å². The first-order valence-corrected chi connectivity index (χ1v) is 6.45. The summed E-state index contributed by atoms with van der Waals surface area (Å²) in [6, 6.07) is 0. The second kappa shape index (κ2) is 10.5. The van der Waals surface area contributed by atoms with Crippen LogP contribution < -0.4 is 0 Å². The van der Waals surface area contributed by atoms with Gasteiger partial charge in [-0.3, -0.25) is 9.59 Å². The summed E-state index contributed by atoms with van der Waals surface area (Å²) in [6.45, 7) is 1.76. The topological polar surface area (TPSA) is 98.1 Å². The minimum atomic E-state index is -1.05. The largest absolute Gasteiger partial charge is 0.481 e. The zero-order chi connectivity index (χ0) is 14.7. The molecule has 0 saturated carbocycles. The molecule has 0 bridgehead atoms. The standard InChI is InChI=1S/C13H23NO5/c1-2-3-4-5-11(13(18)19)10-12(17)14(6-8-15)7-9-16/h4-5,11,15-16H,2-3,6-10H2,1H3,(H,18,19). The van der Waals surface area contributed by atoms with E-state index in [4.69, 9.17) is 15.3 Å². The molecule has 0 aliphatic rings. The number of carboxylic acids is 1. The Kier molecular flexibility index (Phi) is 9.74. The predicted molar refractivity (Wildman–Crippen MR) is 70.5 cm³/mol. The van der Waals surface area contributed by atoms with E-state index in [0.29, 0.717) is 0 Å². The highest BCUT2D eigenvalue weighted by Gasteiger charge is 2.21. The number of nitrogens with zero attached hydrogens (tertiary/aromatic N) is 1. The van der Waals surface area contributed by atoms with Gasteiger partial charge in [-0.15, -0.1) is 0 Å². The smallest absolute Gasteiger partial charge is 0.310 e. The average Bonchev–Trinajstić information content (AvgIpc) is 2.37. The van der Waals surface area contributed by atoms with Crippen LogP contribution in [0.3, 0.4) is 0 Å². The van der Waals surface area contributed by atoms with Crippen molar-refractivity contribution in [3.63, 3.8) is 0 Å². The lowest BCUT2D eigenvalue weighted by Gasteiger charge is -2.21. The zero-order valence-electron chi connectivity index (χ0n) is 11.3. The van der Waals surface area contributed by atoms with Crippen molar-refractivity contribution in [2.24, 2.45) is 5.92 Å². The van der Waals surface area contributed by atoms with E-state index in [2.05, 4.69) is 0 Å². The van der Waals surface area contributed by atoms with Gasteiger partial charge in [0.25, 0.3) is 0 Å². The fourth-order valence-corrected chi connectivity index (χ4v) is 1.58. The maximum Gasteiger partial charge on any atom is 0.310 e. The van der Waals surface area contributed by atoms with Gasteiger partial charge < -0.3 is 20.2 Å². The van der Waals surface area contributed by atoms with E-state index in [9.17, 15) is 9.59 Å². The van der Waals surface area contributed by atoms with Crippen molar-refractivity contribution in [3.8, 4) is 0 Å². The molecule has 0 fully saturated rings. The third-order valence-electron chi connectivity index (χ3n) is 2.63. The van der Waals surface area contributed by atoms with Crippen molar-refractivity contribution in [2.45, 2.75) is 26.2 Å². The number of aliphatic hydroxyl groups is 2. The Balaban J connectivity index is 4.54. The molecule has 0 radical (unpaired) electrons. The molecule has 1 amide bonds. The van der Waals surface area contributed by atoms with Crippen LogP contribution in [-0.4, -0.2) is 58.4 Å². The van der Waals surface area contributed by atoms with Crippen LogP contribution in [0, 0.1) is 5.92 Å². The number of unbranched alkanes of at least 4 members (excludes halogenated alkanes) is 1. The average molecular weight is 273 g/mol. The molecule has 0 saturated heterocycles. The van der Waals surface area contributed by atoms with Gasteiger partial charge in [-0.2, -0.15) is 0 Å². The molecule has 0 aliphatic carbocycles. The maximum atomic E-state index is 11.9. The van der Waals surface area contributed by atoms with Gasteiger partial charge >= 0.3 is 5.97 Å². The fourth-order valence-electron chi connectivity index (χ4n) is 1.58. The molecule has 1 unspecified atom stereocenters. The fraction of sp³-hybridized carbons (Fsp3) is 0.692. The maximum absolute atomic E-state index is 11.9. The van der Waals surface area contributed by atoms with E-state index in [-0.39, 0.29) is 38.6 Å². The van der Waals surface area contributed by atoms with Gasteiger partial charge in [0.15, 0.2) is 0 Å². The normalized spacial score (nSPS) is 12.6. The quantitative estimate of drug-likeness (QED) is 0.496. The zero-order valence-corrected chi connectivity index (χ0v) is 11.3. The van der Waals surface area contributed by atoms with Gasteiger partial charge in [0, 0.05) is 19.5 Å². The van der Waals surface area contributed by atoms with Crippen LogP contribution in [0.25, 0.3) is 0 Å². The monoisotopic (exact) mass is 273 g/mol. The minimum Gasteiger partial charge on any atom is -0.481 e. The highest BCUT2D eigenvalue weighted by atomic mass is 16.4. The number of rotatable bonds is 10. The van der Waals surface area contributed by atoms with Gasteiger partial charge in [0.2, 0.25) is 5.91 Å². The summed E-state index contributed by atoms with van der Waals surface area (Å²) < 4.78 is 0. The Morgan fingerprint density at radius 1 is 1.21 bits per heavy atom. The van der Waals surface area contributed by atoms with Crippen molar-refractivity contribution in [3.05, 3.63) is 12.2 Å². The second-order valence-electron chi connectivity index (χ2n) is 4.19. The first kappa shape index (κ1) is 17.6. The number of hydrogen-bond acceptors (Lipinski definition) is 4. The third-order valence-corrected chi connectivity index (χ3v) is 2.63. The lowest BCUT2D eigenvalue weighted by Crippen LogP contribution is -2.37. The van der Waals surface area contributed by atoms with Gasteiger partial charge in [-0.25, -0.2) is 0 Å². The molecule has 110 valence electrons. The lowest BCUT2D eigenvalue weighted by molar-refractivity contribution is -0.144. The summed E-state index contributed by atoms with van der Waals surface area (Å²) in [7, 11) is 0. The molecule has 0 aromatic carbocycles. The summed E-state index contributed by atoms with van der Waals surface area (Å²) >= 11 is 0. The number of carbonyl (C=O) groups excluding carboxylic acids is 1. The predicted octanol–water partition coefficient (Wildman–Crippen LogP) is 0.247. The number of amides is 1. The second-order valence-corrected chi connectivity index (χ2v) is 4.19. The first-order valence-electron chi connectivity index (χ1n) is 6.45.